The summed E-state index contributed by atoms with van der Waals surface area (Å²) in [4.78, 5) is 21.2. The largest absolute Gasteiger partial charge is 0.342 e. The second-order valence-electron chi connectivity index (χ2n) is 6.97. The number of hydrogen-bond acceptors (Lipinski definition) is 3. The van der Waals surface area contributed by atoms with E-state index in [1.807, 2.05) is 29.3 Å². The summed E-state index contributed by atoms with van der Waals surface area (Å²) in [5.41, 5.74) is 1.54. The van der Waals surface area contributed by atoms with Crippen LogP contribution in [0.5, 0.6) is 0 Å². The van der Waals surface area contributed by atoms with Crippen molar-refractivity contribution in [3.8, 4) is 0 Å². The van der Waals surface area contributed by atoms with E-state index in [2.05, 4.69) is 16.9 Å². The van der Waals surface area contributed by atoms with Gasteiger partial charge >= 0.3 is 0 Å². The van der Waals surface area contributed by atoms with Crippen LogP contribution in [0.3, 0.4) is 0 Å². The number of amides is 1. The number of aromatic nitrogens is 1. The van der Waals surface area contributed by atoms with Gasteiger partial charge in [0.15, 0.2) is 0 Å². The van der Waals surface area contributed by atoms with Gasteiger partial charge in [-0.1, -0.05) is 24.3 Å². The van der Waals surface area contributed by atoms with Crippen molar-refractivity contribution in [1.29, 1.82) is 0 Å². The molecule has 4 nitrogen and oxygen atoms in total. The van der Waals surface area contributed by atoms with Gasteiger partial charge in [-0.15, -0.1) is 0 Å². The van der Waals surface area contributed by atoms with Crippen LogP contribution in [0, 0.1) is 5.82 Å². The van der Waals surface area contributed by atoms with Gasteiger partial charge in [0.05, 0.1) is 12.1 Å². The van der Waals surface area contributed by atoms with E-state index < -0.39 is 0 Å². The molecule has 5 heteroatoms. The van der Waals surface area contributed by atoms with Gasteiger partial charge in [0.25, 0.3) is 0 Å². The molecule has 1 aromatic carbocycles. The second-order valence-corrected chi connectivity index (χ2v) is 6.97. The zero-order valence-corrected chi connectivity index (χ0v) is 15.3. The fraction of sp³-hybridized carbons (Fsp3) is 0.429. The molecule has 1 fully saturated rings. The summed E-state index contributed by atoms with van der Waals surface area (Å²) in [7, 11) is 2.12. The van der Waals surface area contributed by atoms with E-state index in [9.17, 15) is 9.18 Å². The summed E-state index contributed by atoms with van der Waals surface area (Å²) >= 11 is 0. The van der Waals surface area contributed by atoms with Crippen LogP contribution in [0.2, 0.25) is 0 Å². The minimum Gasteiger partial charge on any atom is -0.342 e. The van der Waals surface area contributed by atoms with E-state index in [4.69, 9.17) is 0 Å². The number of carbonyl (C=O) groups is 1. The average molecular weight is 355 g/mol. The molecule has 1 saturated heterocycles. The van der Waals surface area contributed by atoms with Crippen molar-refractivity contribution in [2.45, 2.75) is 38.3 Å². The molecule has 0 aliphatic carbocycles. The molecule has 1 atom stereocenters. The van der Waals surface area contributed by atoms with Gasteiger partial charge in [-0.2, -0.15) is 0 Å². The zero-order valence-electron chi connectivity index (χ0n) is 15.3. The van der Waals surface area contributed by atoms with Crippen molar-refractivity contribution < 1.29 is 9.18 Å². The van der Waals surface area contributed by atoms with Crippen LogP contribution in [0.15, 0.2) is 48.7 Å². The molecule has 138 valence electrons. The third-order valence-corrected chi connectivity index (χ3v) is 5.11. The van der Waals surface area contributed by atoms with Crippen LogP contribution >= 0.6 is 0 Å². The van der Waals surface area contributed by atoms with Crippen molar-refractivity contribution in [2.75, 3.05) is 20.1 Å². The first-order valence-corrected chi connectivity index (χ1v) is 9.25. The smallest absolute Gasteiger partial charge is 0.227 e. The highest BCUT2D eigenvalue weighted by Crippen LogP contribution is 2.18. The second kappa shape index (κ2) is 8.90. The van der Waals surface area contributed by atoms with Gasteiger partial charge in [-0.3, -0.25) is 14.7 Å². The highest BCUT2D eigenvalue weighted by molar-refractivity contribution is 5.78. The fourth-order valence-electron chi connectivity index (χ4n) is 3.56. The molecule has 2 heterocycles. The zero-order chi connectivity index (χ0) is 18.4. The fourth-order valence-corrected chi connectivity index (χ4v) is 3.56. The number of nitrogens with zero attached hydrogens (tertiary/aromatic N) is 3. The molecule has 0 N–H and O–H groups in total. The Hall–Kier alpha value is -2.27. The van der Waals surface area contributed by atoms with Crippen LogP contribution < -0.4 is 0 Å². The number of hydrogen-bond donors (Lipinski definition) is 0. The van der Waals surface area contributed by atoms with Gasteiger partial charge in [0.1, 0.15) is 5.82 Å². The maximum atomic E-state index is 13.8. The highest BCUT2D eigenvalue weighted by atomic mass is 19.1. The molecule has 0 radical (unpaired) electrons. The first-order chi connectivity index (χ1) is 12.6. The number of pyridine rings is 1. The standard InChI is InChI=1S/C21H26FN3O/c1-24(16-18-8-4-5-12-23-18)19-9-6-13-25(14-11-19)21(26)15-17-7-2-3-10-20(17)22/h2-5,7-8,10,12,19H,6,9,11,13-16H2,1H3/t19-/m1/s1. The lowest BCUT2D eigenvalue weighted by molar-refractivity contribution is -0.130. The van der Waals surface area contributed by atoms with Gasteiger partial charge in [0, 0.05) is 31.9 Å². The number of halogens is 1. The quantitative estimate of drug-likeness (QED) is 0.826. The van der Waals surface area contributed by atoms with Crippen LogP contribution in [-0.2, 0) is 17.8 Å². The van der Waals surface area contributed by atoms with Crippen LogP contribution in [0.25, 0.3) is 0 Å². The lowest BCUT2D eigenvalue weighted by Gasteiger charge is -2.27. The molecule has 0 unspecified atom stereocenters. The molecule has 1 aliphatic heterocycles. The number of likely N-dealkylation sites (tertiary alicyclic amines) is 1. The van der Waals surface area contributed by atoms with E-state index in [1.165, 1.54) is 6.07 Å². The molecule has 0 spiro atoms. The Labute approximate surface area is 154 Å². The number of benzene rings is 1. The molecule has 26 heavy (non-hydrogen) atoms. The molecular formula is C21H26FN3O. The molecule has 1 aliphatic rings. The van der Waals surface area contributed by atoms with Crippen molar-refractivity contribution >= 4 is 5.91 Å². The SMILES string of the molecule is CN(Cc1ccccn1)[C@@H]1CCCN(C(=O)Cc2ccccc2F)CC1. The summed E-state index contributed by atoms with van der Waals surface area (Å²) in [6.45, 7) is 2.29. The van der Waals surface area contributed by atoms with Gasteiger partial charge in [-0.05, 0) is 50.1 Å². The van der Waals surface area contributed by atoms with Gasteiger partial charge < -0.3 is 4.90 Å². The van der Waals surface area contributed by atoms with Crippen molar-refractivity contribution in [2.24, 2.45) is 0 Å². The monoisotopic (exact) mass is 355 g/mol. The third-order valence-electron chi connectivity index (χ3n) is 5.11. The maximum Gasteiger partial charge on any atom is 0.227 e. The predicted molar refractivity (Wildman–Crippen MR) is 100 cm³/mol. The van der Waals surface area contributed by atoms with E-state index in [0.29, 0.717) is 11.6 Å². The third kappa shape index (κ3) is 4.88. The summed E-state index contributed by atoms with van der Waals surface area (Å²) in [5.74, 6) is -0.285. The molecule has 2 aromatic rings. The summed E-state index contributed by atoms with van der Waals surface area (Å²) in [6, 6.07) is 12.9. The Balaban J connectivity index is 1.54. The molecule has 1 aromatic heterocycles. The summed E-state index contributed by atoms with van der Waals surface area (Å²) in [6.07, 6.45) is 4.93. The molecule has 1 amide bonds. The molecule has 0 bridgehead atoms. The van der Waals surface area contributed by atoms with Crippen molar-refractivity contribution in [3.05, 3.63) is 65.7 Å². The maximum absolute atomic E-state index is 13.8. The van der Waals surface area contributed by atoms with E-state index in [-0.39, 0.29) is 18.1 Å². The first-order valence-electron chi connectivity index (χ1n) is 9.25. The van der Waals surface area contributed by atoms with Crippen LogP contribution in [0.1, 0.15) is 30.5 Å². The van der Waals surface area contributed by atoms with Gasteiger partial charge in [0.2, 0.25) is 5.91 Å². The van der Waals surface area contributed by atoms with Crippen molar-refractivity contribution in [1.82, 2.24) is 14.8 Å². The first kappa shape index (κ1) is 18.5. The summed E-state index contributed by atoms with van der Waals surface area (Å²) < 4.78 is 13.8. The lowest BCUT2D eigenvalue weighted by atomic mass is 10.1. The number of carbonyl (C=O) groups excluding carboxylic acids is 1. The van der Waals surface area contributed by atoms with Crippen LogP contribution in [0.4, 0.5) is 4.39 Å². The predicted octanol–water partition coefficient (Wildman–Crippen LogP) is 3.28. The Morgan fingerprint density at radius 2 is 2.00 bits per heavy atom. The Morgan fingerprint density at radius 1 is 1.19 bits per heavy atom. The highest BCUT2D eigenvalue weighted by Gasteiger charge is 2.23. The Morgan fingerprint density at radius 3 is 2.77 bits per heavy atom. The minimum atomic E-state index is -0.302. The molecule has 0 saturated carbocycles. The molecular weight excluding hydrogens is 329 g/mol. The van der Waals surface area contributed by atoms with Crippen molar-refractivity contribution in [3.63, 3.8) is 0 Å². The van der Waals surface area contributed by atoms with Crippen LogP contribution in [-0.4, -0.2) is 46.9 Å². The topological polar surface area (TPSA) is 36.4 Å². The summed E-state index contributed by atoms with van der Waals surface area (Å²) in [5, 5.41) is 0. The van der Waals surface area contributed by atoms with E-state index in [1.54, 1.807) is 18.2 Å². The average Bonchev–Trinajstić information content (AvgIpc) is 2.91. The Kier molecular flexibility index (Phi) is 6.34. The minimum absolute atomic E-state index is 0.0168. The van der Waals surface area contributed by atoms with Gasteiger partial charge in [-0.25, -0.2) is 4.39 Å². The van der Waals surface area contributed by atoms with E-state index in [0.717, 1.165) is 44.6 Å². The Bertz CT molecular complexity index is 722. The normalized spacial score (nSPS) is 18.0. The molecule has 3 rings (SSSR count). The van der Waals surface area contributed by atoms with E-state index >= 15 is 0 Å². The number of rotatable bonds is 5. The lowest BCUT2D eigenvalue weighted by Crippen LogP contribution is -2.35.